The highest BCUT2D eigenvalue weighted by Crippen LogP contribution is 2.42. The van der Waals surface area contributed by atoms with E-state index in [0.29, 0.717) is 38.1 Å². The Balaban J connectivity index is 1.53. The molecule has 3 heterocycles. The molecule has 1 saturated heterocycles. The van der Waals surface area contributed by atoms with Crippen LogP contribution >= 0.6 is 0 Å². The van der Waals surface area contributed by atoms with Gasteiger partial charge in [0.15, 0.2) is 6.10 Å². The highest BCUT2D eigenvalue weighted by Gasteiger charge is 2.43. The first-order valence-electron chi connectivity index (χ1n) is 15.9. The van der Waals surface area contributed by atoms with E-state index in [1.807, 2.05) is 63.3 Å². The Morgan fingerprint density at radius 1 is 0.932 bits per heavy atom. The fourth-order valence-electron chi connectivity index (χ4n) is 6.30. The number of carbonyl (C=O) groups is 4. The second-order valence-corrected chi connectivity index (χ2v) is 13.2. The summed E-state index contributed by atoms with van der Waals surface area (Å²) in [5.74, 6) is -1.34. The van der Waals surface area contributed by atoms with Crippen LogP contribution < -0.4 is 16.1 Å². The van der Waals surface area contributed by atoms with Crippen molar-refractivity contribution >= 4 is 40.7 Å². The van der Waals surface area contributed by atoms with Gasteiger partial charge in [-0.25, -0.2) is 5.43 Å². The van der Waals surface area contributed by atoms with Crippen LogP contribution in [0.4, 0.5) is 0 Å². The highest BCUT2D eigenvalue weighted by atomic mass is 16.5. The van der Waals surface area contributed by atoms with Crippen molar-refractivity contribution < 1.29 is 23.9 Å². The maximum absolute atomic E-state index is 14.0. The van der Waals surface area contributed by atoms with E-state index >= 15 is 0 Å². The molecule has 1 aromatic carbocycles. The van der Waals surface area contributed by atoms with E-state index < -0.39 is 35.5 Å². The molecule has 10 nitrogen and oxygen atoms in total. The molecule has 1 aromatic heterocycles. The van der Waals surface area contributed by atoms with Crippen molar-refractivity contribution in [2.75, 3.05) is 6.54 Å². The maximum atomic E-state index is 14.0. The molecule has 2 aliphatic heterocycles. The highest BCUT2D eigenvalue weighted by molar-refractivity contribution is 5.92. The Bertz CT molecular complexity index is 1450. The number of aromatic nitrogens is 1. The van der Waals surface area contributed by atoms with Gasteiger partial charge in [-0.3, -0.25) is 29.2 Å². The third kappa shape index (κ3) is 6.80. The number of pyridine rings is 1. The van der Waals surface area contributed by atoms with Crippen molar-refractivity contribution in [2.45, 2.75) is 97.4 Å². The number of ether oxygens (including phenoxy) is 1. The quantitative estimate of drug-likeness (QED) is 0.417. The molecule has 4 atom stereocenters. The van der Waals surface area contributed by atoms with E-state index in [1.54, 1.807) is 6.92 Å². The summed E-state index contributed by atoms with van der Waals surface area (Å²) in [6.07, 6.45) is 7.02. The SMILES string of the molecule is CC1CCC2(/C=C/c3ccc4ccc(nc4c3)[C@@H](C)NC(=O)[C@@H]3CCCN(N3)C(=O)[C@H](C)NC(=O)[C@@H](C(C)C)OC2=O)CC1. The van der Waals surface area contributed by atoms with Crippen LogP contribution in [0.15, 0.2) is 36.4 Å². The van der Waals surface area contributed by atoms with E-state index in [4.69, 9.17) is 9.72 Å². The lowest BCUT2D eigenvalue weighted by Crippen LogP contribution is -2.61. The largest absolute Gasteiger partial charge is 0.451 e. The molecule has 5 rings (SSSR count). The van der Waals surface area contributed by atoms with Crippen molar-refractivity contribution in [2.24, 2.45) is 17.3 Å². The third-order valence-corrected chi connectivity index (χ3v) is 9.30. The van der Waals surface area contributed by atoms with Crippen LogP contribution in [0.1, 0.15) is 90.4 Å². The normalized spacial score (nSPS) is 31.5. The van der Waals surface area contributed by atoms with Crippen molar-refractivity contribution in [3.8, 4) is 0 Å². The van der Waals surface area contributed by atoms with Crippen LogP contribution in [-0.4, -0.2) is 58.4 Å². The lowest BCUT2D eigenvalue weighted by molar-refractivity contribution is -0.168. The summed E-state index contributed by atoms with van der Waals surface area (Å²) < 4.78 is 6.01. The number of hydrogen-bond acceptors (Lipinski definition) is 7. The number of carbonyl (C=O) groups excluding carboxylic acids is 4. The van der Waals surface area contributed by atoms with Crippen molar-refractivity contribution in [1.29, 1.82) is 0 Å². The average Bonchev–Trinajstić information content (AvgIpc) is 3.01. The summed E-state index contributed by atoms with van der Waals surface area (Å²) >= 11 is 0. The molecule has 3 amide bonds. The number of nitrogens with one attached hydrogen (secondary N) is 3. The predicted octanol–water partition coefficient (Wildman–Crippen LogP) is 4.20. The van der Waals surface area contributed by atoms with Crippen molar-refractivity contribution in [3.05, 3.63) is 47.7 Å². The van der Waals surface area contributed by atoms with Crippen molar-refractivity contribution in [1.82, 2.24) is 26.1 Å². The smallest absolute Gasteiger partial charge is 0.316 e. The minimum Gasteiger partial charge on any atom is -0.451 e. The van der Waals surface area contributed by atoms with Gasteiger partial charge in [-0.1, -0.05) is 51.1 Å². The van der Waals surface area contributed by atoms with Crippen LogP contribution in [0.25, 0.3) is 17.0 Å². The minimum atomic E-state index is -1.06. The van der Waals surface area contributed by atoms with Gasteiger partial charge in [-0.15, -0.1) is 0 Å². The van der Waals surface area contributed by atoms with Crippen LogP contribution in [-0.2, 0) is 23.9 Å². The second kappa shape index (κ2) is 13.1. The van der Waals surface area contributed by atoms with E-state index in [0.717, 1.165) is 35.0 Å². The molecule has 10 heteroatoms. The molecule has 1 aliphatic carbocycles. The van der Waals surface area contributed by atoms with E-state index in [1.165, 1.54) is 5.01 Å². The van der Waals surface area contributed by atoms with Gasteiger partial charge in [0.05, 0.1) is 22.7 Å². The van der Waals surface area contributed by atoms with Gasteiger partial charge >= 0.3 is 5.97 Å². The molecule has 0 radical (unpaired) electrons. The standard InChI is InChI=1S/C34H45N5O5/c1-20(2)29-31(41)36-23(5)32(42)39-18-6-7-27(38-39)30(40)35-22(4)26-11-10-25-9-8-24(19-28(25)37-26)14-17-34(33(43)44-29)15-12-21(3)13-16-34/h8-11,14,17,19-23,27,29,38H,6-7,12-13,15-16,18H2,1-5H3,(H,35,40)(H,36,41)/b17-14+/t21?,22-,23+,27+,29-,34?/m1/s1. The first-order chi connectivity index (χ1) is 21.0. The van der Waals surface area contributed by atoms with Crippen LogP contribution in [0, 0.1) is 17.3 Å². The molecule has 1 saturated carbocycles. The number of fused-ring (bicyclic) bond motifs is 4. The average molecular weight is 604 g/mol. The summed E-state index contributed by atoms with van der Waals surface area (Å²) in [6.45, 7) is 9.73. The number of amides is 3. The Hall–Kier alpha value is -3.79. The van der Waals surface area contributed by atoms with E-state index in [-0.39, 0.29) is 23.8 Å². The fraction of sp³-hybridized carbons (Fsp3) is 0.559. The van der Waals surface area contributed by atoms with Gasteiger partial charge in [0.25, 0.3) is 11.8 Å². The first-order valence-corrected chi connectivity index (χ1v) is 15.9. The molecule has 1 spiro atoms. The molecule has 5 bridgehead atoms. The lowest BCUT2D eigenvalue weighted by Gasteiger charge is -2.37. The predicted molar refractivity (Wildman–Crippen MR) is 168 cm³/mol. The second-order valence-electron chi connectivity index (χ2n) is 13.2. The van der Waals surface area contributed by atoms with E-state index in [9.17, 15) is 19.2 Å². The van der Waals surface area contributed by atoms with Gasteiger partial charge in [0.1, 0.15) is 12.1 Å². The Morgan fingerprint density at radius 3 is 2.36 bits per heavy atom. The third-order valence-electron chi connectivity index (χ3n) is 9.30. The monoisotopic (exact) mass is 603 g/mol. The molecule has 3 N–H and O–H groups in total. The van der Waals surface area contributed by atoms with Gasteiger partial charge in [-0.2, -0.15) is 0 Å². The number of benzene rings is 1. The fourth-order valence-corrected chi connectivity index (χ4v) is 6.30. The maximum Gasteiger partial charge on any atom is 0.316 e. The van der Waals surface area contributed by atoms with Gasteiger partial charge in [-0.05, 0) is 81.9 Å². The number of cyclic esters (lactones) is 1. The molecule has 2 fully saturated rings. The number of hydrogen-bond donors (Lipinski definition) is 3. The summed E-state index contributed by atoms with van der Waals surface area (Å²) in [6, 6.07) is 8.01. The van der Waals surface area contributed by atoms with E-state index in [2.05, 4.69) is 23.0 Å². The molecule has 44 heavy (non-hydrogen) atoms. The van der Waals surface area contributed by atoms with Gasteiger partial charge < -0.3 is 15.4 Å². The number of hydrazine groups is 1. The zero-order valence-corrected chi connectivity index (χ0v) is 26.4. The molecule has 0 unspecified atom stereocenters. The zero-order chi connectivity index (χ0) is 31.6. The zero-order valence-electron chi connectivity index (χ0n) is 26.4. The number of rotatable bonds is 1. The first kappa shape index (κ1) is 31.6. The number of esters is 1. The van der Waals surface area contributed by atoms with Crippen LogP contribution in [0.3, 0.4) is 0 Å². The Kier molecular flexibility index (Phi) is 9.39. The Morgan fingerprint density at radius 2 is 1.64 bits per heavy atom. The summed E-state index contributed by atoms with van der Waals surface area (Å²) in [4.78, 5) is 58.9. The molecule has 2 aromatic rings. The van der Waals surface area contributed by atoms with Crippen LogP contribution in [0.5, 0.6) is 0 Å². The molecule has 3 aliphatic rings. The van der Waals surface area contributed by atoms with Crippen LogP contribution in [0.2, 0.25) is 0 Å². The van der Waals surface area contributed by atoms with Crippen molar-refractivity contribution in [3.63, 3.8) is 0 Å². The Labute approximate surface area is 259 Å². The molecule has 236 valence electrons. The topological polar surface area (TPSA) is 130 Å². The van der Waals surface area contributed by atoms with Gasteiger partial charge in [0, 0.05) is 11.9 Å². The summed E-state index contributed by atoms with van der Waals surface area (Å²) in [5, 5.41) is 8.18. The summed E-state index contributed by atoms with van der Waals surface area (Å²) in [7, 11) is 0. The minimum absolute atomic E-state index is 0.227. The molecular formula is C34H45N5O5. The molecular weight excluding hydrogens is 558 g/mol. The van der Waals surface area contributed by atoms with Gasteiger partial charge in [0.2, 0.25) is 5.91 Å². The summed E-state index contributed by atoms with van der Waals surface area (Å²) in [5.41, 5.74) is 4.58. The lowest BCUT2D eigenvalue weighted by atomic mass is 9.70. The number of nitrogens with zero attached hydrogens (tertiary/aromatic N) is 2.